The normalized spacial score (nSPS) is 13.6. The Kier molecular flexibility index (Phi) is 7.38. The van der Waals surface area contributed by atoms with E-state index in [1.165, 1.54) is 0 Å². The number of ether oxygens (including phenoxy) is 2. The molecule has 34 heavy (non-hydrogen) atoms. The van der Waals surface area contributed by atoms with Crippen LogP contribution >= 0.6 is 11.6 Å². The highest BCUT2D eigenvalue weighted by Gasteiger charge is 2.27. The summed E-state index contributed by atoms with van der Waals surface area (Å²) >= 11 is 6.22. The molecule has 6 nitrogen and oxygen atoms in total. The molecule has 1 atom stereocenters. The van der Waals surface area contributed by atoms with Crippen molar-refractivity contribution in [2.75, 3.05) is 20.8 Å². The minimum atomic E-state index is -0.482. The molecule has 0 aromatic heterocycles. The van der Waals surface area contributed by atoms with E-state index in [4.69, 9.17) is 21.1 Å². The molecule has 2 amide bonds. The third-order valence-electron chi connectivity index (χ3n) is 6.08. The number of nitrogens with zero attached hydrogens (tertiary/aromatic N) is 1. The Labute approximate surface area is 204 Å². The average Bonchev–Trinajstić information content (AvgIpc) is 2.87. The van der Waals surface area contributed by atoms with Gasteiger partial charge in [-0.15, -0.1) is 0 Å². The van der Waals surface area contributed by atoms with Crippen molar-refractivity contribution in [2.24, 2.45) is 0 Å². The summed E-state index contributed by atoms with van der Waals surface area (Å²) in [5.41, 5.74) is 3.42. The number of amides is 2. The van der Waals surface area contributed by atoms with Gasteiger partial charge >= 0.3 is 0 Å². The molecule has 0 bridgehead atoms. The Hall–Kier alpha value is -3.51. The number of benzene rings is 3. The summed E-state index contributed by atoms with van der Waals surface area (Å²) in [6, 6.07) is 19.8. The first kappa shape index (κ1) is 23.6. The van der Waals surface area contributed by atoms with Crippen LogP contribution in [0.4, 0.5) is 0 Å². The van der Waals surface area contributed by atoms with E-state index in [1.807, 2.05) is 47.4 Å². The highest BCUT2D eigenvalue weighted by Crippen LogP contribution is 2.33. The van der Waals surface area contributed by atoms with Gasteiger partial charge < -0.3 is 19.7 Å². The van der Waals surface area contributed by atoms with Crippen molar-refractivity contribution >= 4 is 23.4 Å². The standard InChI is InChI=1S/C27H27ClN2O4/c1-33-24-14-19-12-13-30(17-20(19)15-25(24)34-2)26(31)16-23(18-8-4-3-5-9-18)29-27(32)21-10-6-7-11-22(21)28/h3-11,14-15,23H,12-13,16-17H2,1-2H3,(H,29,32). The zero-order valence-electron chi connectivity index (χ0n) is 19.2. The van der Waals surface area contributed by atoms with Crippen molar-refractivity contribution in [1.82, 2.24) is 10.2 Å². The van der Waals surface area contributed by atoms with Crippen molar-refractivity contribution in [1.29, 1.82) is 0 Å². The lowest BCUT2D eigenvalue weighted by Gasteiger charge is -2.31. The molecule has 0 spiro atoms. The number of hydrogen-bond donors (Lipinski definition) is 1. The molecule has 0 saturated carbocycles. The number of carbonyl (C=O) groups is 2. The summed E-state index contributed by atoms with van der Waals surface area (Å²) < 4.78 is 10.8. The van der Waals surface area contributed by atoms with Gasteiger partial charge in [-0.2, -0.15) is 0 Å². The molecule has 0 fully saturated rings. The van der Waals surface area contributed by atoms with Gasteiger partial charge in [0.05, 0.1) is 37.3 Å². The third-order valence-corrected chi connectivity index (χ3v) is 6.40. The molecule has 3 aromatic carbocycles. The summed E-state index contributed by atoms with van der Waals surface area (Å²) in [5.74, 6) is 0.985. The molecule has 7 heteroatoms. The van der Waals surface area contributed by atoms with Crippen LogP contribution < -0.4 is 14.8 Å². The zero-order valence-corrected chi connectivity index (χ0v) is 20.0. The first-order valence-electron chi connectivity index (χ1n) is 11.1. The molecule has 1 N–H and O–H groups in total. The van der Waals surface area contributed by atoms with Crippen molar-refractivity contribution < 1.29 is 19.1 Å². The fourth-order valence-corrected chi connectivity index (χ4v) is 4.44. The third kappa shape index (κ3) is 5.18. The van der Waals surface area contributed by atoms with Crippen LogP contribution in [0.15, 0.2) is 66.7 Å². The summed E-state index contributed by atoms with van der Waals surface area (Å²) in [6.45, 7) is 1.08. The maximum Gasteiger partial charge on any atom is 0.253 e. The summed E-state index contributed by atoms with van der Waals surface area (Å²) in [6.07, 6.45) is 0.867. The second kappa shape index (κ2) is 10.6. The summed E-state index contributed by atoms with van der Waals surface area (Å²) in [5, 5.41) is 3.38. The molecule has 0 saturated heterocycles. The molecule has 1 aliphatic heterocycles. The van der Waals surface area contributed by atoms with E-state index in [0.29, 0.717) is 35.2 Å². The monoisotopic (exact) mass is 478 g/mol. The molecule has 0 aliphatic carbocycles. The van der Waals surface area contributed by atoms with Gasteiger partial charge in [-0.05, 0) is 47.4 Å². The summed E-state index contributed by atoms with van der Waals surface area (Å²) in [7, 11) is 3.21. The largest absolute Gasteiger partial charge is 0.493 e. The van der Waals surface area contributed by atoms with Crippen molar-refractivity contribution in [3.8, 4) is 11.5 Å². The van der Waals surface area contributed by atoms with Crippen LogP contribution in [0.3, 0.4) is 0 Å². The van der Waals surface area contributed by atoms with Gasteiger partial charge in [0.1, 0.15) is 0 Å². The van der Waals surface area contributed by atoms with Crippen LogP contribution in [0.2, 0.25) is 5.02 Å². The molecule has 3 aromatic rings. The zero-order chi connectivity index (χ0) is 24.1. The van der Waals surface area contributed by atoms with Gasteiger partial charge in [-0.3, -0.25) is 9.59 Å². The smallest absolute Gasteiger partial charge is 0.253 e. The molecule has 176 valence electrons. The van der Waals surface area contributed by atoms with Crippen LogP contribution in [0.1, 0.15) is 39.5 Å². The van der Waals surface area contributed by atoms with Crippen LogP contribution in [-0.2, 0) is 17.8 Å². The summed E-state index contributed by atoms with van der Waals surface area (Å²) in [4.78, 5) is 28.1. The fraction of sp³-hybridized carbons (Fsp3) is 0.259. The second-order valence-corrected chi connectivity index (χ2v) is 8.57. The van der Waals surface area contributed by atoms with E-state index in [2.05, 4.69) is 5.32 Å². The molecular weight excluding hydrogens is 452 g/mol. The number of rotatable bonds is 7. The van der Waals surface area contributed by atoms with Crippen molar-refractivity contribution in [2.45, 2.75) is 25.4 Å². The average molecular weight is 479 g/mol. The lowest BCUT2D eigenvalue weighted by Crippen LogP contribution is -2.39. The lowest BCUT2D eigenvalue weighted by molar-refractivity contribution is -0.132. The topological polar surface area (TPSA) is 67.9 Å². The SMILES string of the molecule is COc1cc2c(cc1OC)CN(C(=O)CC(NC(=O)c1ccccc1Cl)c1ccccc1)CC2. The van der Waals surface area contributed by atoms with Gasteiger partial charge in [0.25, 0.3) is 5.91 Å². The highest BCUT2D eigenvalue weighted by molar-refractivity contribution is 6.33. The number of carbonyl (C=O) groups excluding carboxylic acids is 2. The van der Waals surface area contributed by atoms with Crippen molar-refractivity contribution in [3.05, 3.63) is 94.0 Å². The second-order valence-electron chi connectivity index (χ2n) is 8.16. The van der Waals surface area contributed by atoms with Crippen LogP contribution in [-0.4, -0.2) is 37.5 Å². The number of hydrogen-bond acceptors (Lipinski definition) is 4. The maximum atomic E-state index is 13.3. The molecule has 1 aliphatic rings. The number of nitrogens with one attached hydrogen (secondary N) is 1. The van der Waals surface area contributed by atoms with Crippen molar-refractivity contribution in [3.63, 3.8) is 0 Å². The van der Waals surface area contributed by atoms with Crippen LogP contribution in [0.25, 0.3) is 0 Å². The maximum absolute atomic E-state index is 13.3. The Morgan fingerprint density at radius 1 is 0.971 bits per heavy atom. The number of methoxy groups -OCH3 is 2. The van der Waals surface area contributed by atoms with E-state index in [-0.39, 0.29) is 18.2 Å². The van der Waals surface area contributed by atoms with E-state index >= 15 is 0 Å². The molecule has 0 radical (unpaired) electrons. The Bertz CT molecular complexity index is 1180. The Morgan fingerprint density at radius 2 is 1.62 bits per heavy atom. The number of halogens is 1. The van der Waals surface area contributed by atoms with E-state index in [9.17, 15) is 9.59 Å². The van der Waals surface area contributed by atoms with E-state index < -0.39 is 6.04 Å². The molecular formula is C27H27ClN2O4. The van der Waals surface area contributed by atoms with Gasteiger partial charge in [0.2, 0.25) is 5.91 Å². The first-order chi connectivity index (χ1) is 16.5. The minimum Gasteiger partial charge on any atom is -0.493 e. The molecule has 1 heterocycles. The Morgan fingerprint density at radius 3 is 2.29 bits per heavy atom. The number of fused-ring (bicyclic) bond motifs is 1. The first-order valence-corrected chi connectivity index (χ1v) is 11.5. The highest BCUT2D eigenvalue weighted by atomic mass is 35.5. The quantitative estimate of drug-likeness (QED) is 0.529. The van der Waals surface area contributed by atoms with Gasteiger partial charge in [0, 0.05) is 13.1 Å². The van der Waals surface area contributed by atoms with E-state index in [0.717, 1.165) is 23.1 Å². The fourth-order valence-electron chi connectivity index (χ4n) is 4.22. The molecule has 1 unspecified atom stereocenters. The molecule has 4 rings (SSSR count). The lowest BCUT2D eigenvalue weighted by atomic mass is 9.97. The van der Waals surface area contributed by atoms with Crippen LogP contribution in [0.5, 0.6) is 11.5 Å². The predicted molar refractivity (Wildman–Crippen MR) is 131 cm³/mol. The van der Waals surface area contributed by atoms with E-state index in [1.54, 1.807) is 38.5 Å². The van der Waals surface area contributed by atoms with Gasteiger partial charge in [-0.25, -0.2) is 0 Å². The minimum absolute atomic E-state index is 0.0336. The van der Waals surface area contributed by atoms with Gasteiger partial charge in [0.15, 0.2) is 11.5 Å². The van der Waals surface area contributed by atoms with Gasteiger partial charge in [-0.1, -0.05) is 54.1 Å². The van der Waals surface area contributed by atoms with Crippen LogP contribution in [0, 0.1) is 0 Å². The Balaban J connectivity index is 1.52. The predicted octanol–water partition coefficient (Wildman–Crippen LogP) is 4.80.